The molecule has 0 bridgehead atoms. The average molecular weight is 277 g/mol. The van der Waals surface area contributed by atoms with E-state index in [0.29, 0.717) is 6.54 Å². The highest BCUT2D eigenvalue weighted by molar-refractivity contribution is 5.78. The van der Waals surface area contributed by atoms with Gasteiger partial charge in [-0.05, 0) is 33.7 Å². The van der Waals surface area contributed by atoms with Gasteiger partial charge in [-0.25, -0.2) is 9.97 Å². The molecule has 2 heterocycles. The van der Waals surface area contributed by atoms with E-state index in [1.165, 1.54) is 0 Å². The fraction of sp³-hybridized carbons (Fsp3) is 0.643. The maximum absolute atomic E-state index is 11.5. The summed E-state index contributed by atoms with van der Waals surface area (Å²) in [6.07, 6.45) is 1.91. The summed E-state index contributed by atoms with van der Waals surface area (Å²) in [5.41, 5.74) is 0.997. The van der Waals surface area contributed by atoms with Gasteiger partial charge in [-0.1, -0.05) is 0 Å². The van der Waals surface area contributed by atoms with Gasteiger partial charge in [0, 0.05) is 30.9 Å². The number of nitrogens with zero attached hydrogens (tertiary/aromatic N) is 3. The number of rotatable bonds is 4. The Morgan fingerprint density at radius 2 is 2.05 bits per heavy atom. The number of nitrogens with one attached hydrogen (secondary N) is 2. The van der Waals surface area contributed by atoms with Crippen LogP contribution in [0, 0.1) is 13.8 Å². The van der Waals surface area contributed by atoms with E-state index in [4.69, 9.17) is 0 Å². The maximum Gasteiger partial charge on any atom is 0.234 e. The summed E-state index contributed by atoms with van der Waals surface area (Å²) in [6.45, 7) is 6.12. The van der Waals surface area contributed by atoms with E-state index in [1.54, 1.807) is 7.05 Å². The summed E-state index contributed by atoms with van der Waals surface area (Å²) < 4.78 is 0. The molecule has 0 aliphatic carbocycles. The Morgan fingerprint density at radius 3 is 2.65 bits per heavy atom. The number of carbonyl (C=O) groups is 1. The molecule has 0 radical (unpaired) electrons. The Hall–Kier alpha value is -1.69. The first kappa shape index (κ1) is 14.7. The van der Waals surface area contributed by atoms with Crippen molar-refractivity contribution in [2.24, 2.45) is 0 Å². The lowest BCUT2D eigenvalue weighted by molar-refractivity contribution is -0.120. The van der Waals surface area contributed by atoms with Crippen molar-refractivity contribution < 1.29 is 4.79 Å². The number of hydrogen-bond acceptors (Lipinski definition) is 5. The topological polar surface area (TPSA) is 70.2 Å². The van der Waals surface area contributed by atoms with Crippen LogP contribution in [0.15, 0.2) is 6.07 Å². The van der Waals surface area contributed by atoms with Crippen molar-refractivity contribution in [3.8, 4) is 0 Å². The second kappa shape index (κ2) is 6.65. The van der Waals surface area contributed by atoms with Crippen molar-refractivity contribution in [2.75, 3.05) is 31.6 Å². The van der Waals surface area contributed by atoms with Crippen LogP contribution in [0.3, 0.4) is 0 Å². The average Bonchev–Trinajstić information content (AvgIpc) is 2.38. The molecule has 1 aromatic heterocycles. The van der Waals surface area contributed by atoms with Crippen molar-refractivity contribution >= 4 is 11.7 Å². The van der Waals surface area contributed by atoms with Gasteiger partial charge in [-0.2, -0.15) is 0 Å². The van der Waals surface area contributed by atoms with Crippen LogP contribution in [0.2, 0.25) is 0 Å². The van der Waals surface area contributed by atoms with E-state index < -0.39 is 0 Å². The molecule has 2 N–H and O–H groups in total. The summed E-state index contributed by atoms with van der Waals surface area (Å²) >= 11 is 0. The molecule has 6 heteroatoms. The normalized spacial score (nSPS) is 16.2. The van der Waals surface area contributed by atoms with E-state index in [-0.39, 0.29) is 11.9 Å². The Morgan fingerprint density at radius 1 is 1.35 bits per heavy atom. The molecule has 110 valence electrons. The van der Waals surface area contributed by atoms with E-state index in [9.17, 15) is 4.79 Å². The lowest BCUT2D eigenvalue weighted by atomic mass is 10.0. The van der Waals surface area contributed by atoms with Crippen LogP contribution in [0.4, 0.5) is 5.82 Å². The number of hydrogen-bond donors (Lipinski definition) is 2. The van der Waals surface area contributed by atoms with Gasteiger partial charge in [0.1, 0.15) is 11.6 Å². The van der Waals surface area contributed by atoms with Crippen molar-refractivity contribution in [3.63, 3.8) is 0 Å². The molecule has 6 nitrogen and oxygen atoms in total. The fourth-order valence-electron chi connectivity index (χ4n) is 2.55. The second-order valence-electron chi connectivity index (χ2n) is 5.27. The van der Waals surface area contributed by atoms with Crippen LogP contribution in [-0.2, 0) is 4.79 Å². The molecule has 1 amide bonds. The Labute approximate surface area is 120 Å². The summed E-state index contributed by atoms with van der Waals surface area (Å²) in [6, 6.07) is 2.29. The van der Waals surface area contributed by atoms with Crippen molar-refractivity contribution in [3.05, 3.63) is 17.6 Å². The molecule has 1 aromatic rings. The molecule has 0 saturated carbocycles. The predicted octanol–water partition coefficient (Wildman–Crippen LogP) is 0.398. The molecule has 0 spiro atoms. The number of piperidine rings is 1. The van der Waals surface area contributed by atoms with Gasteiger partial charge in [0.05, 0.1) is 6.54 Å². The zero-order valence-electron chi connectivity index (χ0n) is 12.4. The van der Waals surface area contributed by atoms with Gasteiger partial charge in [0.15, 0.2) is 0 Å². The number of aromatic nitrogens is 2. The van der Waals surface area contributed by atoms with Gasteiger partial charge in [0.2, 0.25) is 5.91 Å². The number of aryl methyl sites for hydroxylation is 2. The van der Waals surface area contributed by atoms with Crippen molar-refractivity contribution in [2.45, 2.75) is 32.7 Å². The molecule has 20 heavy (non-hydrogen) atoms. The molecule has 1 saturated heterocycles. The van der Waals surface area contributed by atoms with E-state index in [0.717, 1.165) is 43.3 Å². The zero-order valence-corrected chi connectivity index (χ0v) is 12.4. The third kappa shape index (κ3) is 3.90. The minimum atomic E-state index is 0.0691. The van der Waals surface area contributed by atoms with Crippen LogP contribution < -0.4 is 15.5 Å². The number of likely N-dealkylation sites (N-methyl/N-ethyl adjacent to an activating group) is 1. The third-order valence-electron chi connectivity index (χ3n) is 3.47. The van der Waals surface area contributed by atoms with E-state index in [2.05, 4.69) is 25.5 Å². The van der Waals surface area contributed by atoms with E-state index in [1.807, 2.05) is 19.9 Å². The quantitative estimate of drug-likeness (QED) is 0.833. The van der Waals surface area contributed by atoms with Crippen LogP contribution >= 0.6 is 0 Å². The number of anilines is 1. The van der Waals surface area contributed by atoms with Crippen molar-refractivity contribution in [1.29, 1.82) is 0 Å². The van der Waals surface area contributed by atoms with Crippen LogP contribution in [0.5, 0.6) is 0 Å². The fourth-order valence-corrected chi connectivity index (χ4v) is 2.55. The first-order valence-electron chi connectivity index (χ1n) is 7.09. The molecule has 1 aliphatic heterocycles. The first-order chi connectivity index (χ1) is 9.58. The smallest absolute Gasteiger partial charge is 0.234 e. The molecular weight excluding hydrogens is 254 g/mol. The largest absolute Gasteiger partial charge is 0.356 e. The number of carbonyl (C=O) groups excluding carboxylic acids is 1. The lowest BCUT2D eigenvalue weighted by Gasteiger charge is -2.33. The lowest BCUT2D eigenvalue weighted by Crippen LogP contribution is -2.46. The first-order valence-corrected chi connectivity index (χ1v) is 7.09. The summed E-state index contributed by atoms with van der Waals surface area (Å²) in [4.78, 5) is 22.6. The SMILES string of the molecule is CNCC(=O)NC1CCN(c2cc(C)nc(C)n2)CC1. The molecule has 1 fully saturated rings. The standard InChI is InChI=1S/C14H23N5O/c1-10-8-13(17-11(2)16-10)19-6-4-12(5-7-19)18-14(20)9-15-3/h8,12,15H,4-7,9H2,1-3H3,(H,18,20). The van der Waals surface area contributed by atoms with Gasteiger partial charge < -0.3 is 15.5 Å². The molecule has 1 aliphatic rings. The molecule has 2 rings (SSSR count). The monoisotopic (exact) mass is 277 g/mol. The van der Waals surface area contributed by atoms with Crippen LogP contribution in [0.25, 0.3) is 0 Å². The molecule has 0 aromatic carbocycles. The van der Waals surface area contributed by atoms with Crippen LogP contribution in [-0.4, -0.2) is 48.6 Å². The van der Waals surface area contributed by atoms with Gasteiger partial charge in [-0.15, -0.1) is 0 Å². The zero-order chi connectivity index (χ0) is 14.5. The molecular formula is C14H23N5O. The summed E-state index contributed by atoms with van der Waals surface area (Å²) in [5, 5.41) is 5.92. The highest BCUT2D eigenvalue weighted by Crippen LogP contribution is 2.18. The Balaban J connectivity index is 1.89. The Kier molecular flexibility index (Phi) is 4.89. The minimum Gasteiger partial charge on any atom is -0.356 e. The maximum atomic E-state index is 11.5. The minimum absolute atomic E-state index is 0.0691. The number of amides is 1. The second-order valence-corrected chi connectivity index (χ2v) is 5.27. The Bertz CT molecular complexity index is 448. The third-order valence-corrected chi connectivity index (χ3v) is 3.47. The van der Waals surface area contributed by atoms with Gasteiger partial charge >= 0.3 is 0 Å². The highest BCUT2D eigenvalue weighted by atomic mass is 16.1. The van der Waals surface area contributed by atoms with Gasteiger partial charge in [-0.3, -0.25) is 4.79 Å². The highest BCUT2D eigenvalue weighted by Gasteiger charge is 2.21. The van der Waals surface area contributed by atoms with E-state index >= 15 is 0 Å². The summed E-state index contributed by atoms with van der Waals surface area (Å²) in [7, 11) is 1.78. The van der Waals surface area contributed by atoms with Crippen LogP contribution in [0.1, 0.15) is 24.4 Å². The van der Waals surface area contributed by atoms with Gasteiger partial charge in [0.25, 0.3) is 0 Å². The molecule has 0 unspecified atom stereocenters. The predicted molar refractivity (Wildman–Crippen MR) is 78.8 cm³/mol. The molecule has 0 atom stereocenters. The summed E-state index contributed by atoms with van der Waals surface area (Å²) in [5.74, 6) is 1.87. The van der Waals surface area contributed by atoms with Crippen molar-refractivity contribution in [1.82, 2.24) is 20.6 Å².